The molecule has 0 spiro atoms. The van der Waals surface area contributed by atoms with Crippen LogP contribution in [0.3, 0.4) is 0 Å². The molecule has 1 unspecified atom stereocenters. The Morgan fingerprint density at radius 2 is 1.88 bits per heavy atom. The van der Waals surface area contributed by atoms with Crippen LogP contribution in [0.25, 0.3) is 22.1 Å². The average Bonchev–Trinajstić information content (AvgIpc) is 2.60. The van der Waals surface area contributed by atoms with Crippen molar-refractivity contribution in [1.29, 1.82) is 0 Å². The fourth-order valence-corrected chi connectivity index (χ4v) is 3.08. The third kappa shape index (κ3) is 3.47. The Morgan fingerprint density at radius 3 is 2.58 bits per heavy atom. The van der Waals surface area contributed by atoms with Gasteiger partial charge in [-0.3, -0.25) is 4.79 Å². The minimum absolute atomic E-state index is 0.364. The molecule has 0 radical (unpaired) electrons. The summed E-state index contributed by atoms with van der Waals surface area (Å²) in [5, 5.41) is 9.94. The summed E-state index contributed by atoms with van der Waals surface area (Å²) in [6.45, 7) is 4.03. The summed E-state index contributed by atoms with van der Waals surface area (Å²) in [7, 11) is 1.82. The monoisotopic (exact) mass is 351 g/mol. The third-order valence-electron chi connectivity index (χ3n) is 4.57. The van der Waals surface area contributed by atoms with Crippen molar-refractivity contribution in [3.05, 3.63) is 64.5 Å². The van der Waals surface area contributed by atoms with Crippen LogP contribution in [0.2, 0.25) is 0 Å². The van der Waals surface area contributed by atoms with Crippen molar-refractivity contribution in [2.75, 3.05) is 18.5 Å². The molecule has 0 bridgehead atoms. The number of rotatable bonds is 5. The summed E-state index contributed by atoms with van der Waals surface area (Å²) >= 11 is 0. The van der Waals surface area contributed by atoms with Gasteiger partial charge in [-0.1, -0.05) is 31.2 Å². The zero-order chi connectivity index (χ0) is 18.8. The molecule has 26 heavy (non-hydrogen) atoms. The highest BCUT2D eigenvalue weighted by Gasteiger charge is 2.16. The molecule has 0 aliphatic rings. The van der Waals surface area contributed by atoms with E-state index >= 15 is 0 Å². The molecule has 0 aliphatic carbocycles. The number of benzene rings is 2. The predicted octanol–water partition coefficient (Wildman–Crippen LogP) is 3.93. The van der Waals surface area contributed by atoms with E-state index in [1.54, 1.807) is 13.0 Å². The van der Waals surface area contributed by atoms with E-state index in [0.29, 0.717) is 12.1 Å². The Bertz CT molecular complexity index is 1020. The normalized spacial score (nSPS) is 12.1. The number of carboxylic acids is 1. The quantitative estimate of drug-likeness (QED) is 0.705. The minimum Gasteiger partial charge on any atom is -0.481 e. The molecule has 5 nitrogen and oxygen atoms in total. The number of fused-ring (bicyclic) bond motifs is 1. The van der Waals surface area contributed by atoms with Crippen LogP contribution in [-0.2, 0) is 4.79 Å². The van der Waals surface area contributed by atoms with E-state index in [2.05, 4.69) is 0 Å². The lowest BCUT2D eigenvalue weighted by Gasteiger charge is -2.22. The number of carbonyl (C=O) groups is 1. The number of hydrogen-bond acceptors (Lipinski definition) is 4. The van der Waals surface area contributed by atoms with Gasteiger partial charge >= 0.3 is 11.6 Å². The first-order valence-electron chi connectivity index (χ1n) is 8.44. The fourth-order valence-electron chi connectivity index (χ4n) is 3.08. The van der Waals surface area contributed by atoms with Crippen LogP contribution >= 0.6 is 0 Å². The van der Waals surface area contributed by atoms with E-state index in [9.17, 15) is 9.59 Å². The molecule has 1 atom stereocenters. The van der Waals surface area contributed by atoms with Crippen LogP contribution in [-0.4, -0.2) is 24.7 Å². The number of aryl methyl sites for hydroxylation is 1. The molecule has 0 saturated carbocycles. The molecule has 1 heterocycles. The molecule has 1 N–H and O–H groups in total. The first-order chi connectivity index (χ1) is 12.4. The maximum Gasteiger partial charge on any atom is 0.336 e. The molecule has 0 aliphatic heterocycles. The molecule has 0 amide bonds. The van der Waals surface area contributed by atoms with Crippen molar-refractivity contribution in [2.24, 2.45) is 5.92 Å². The molecule has 3 aromatic rings. The van der Waals surface area contributed by atoms with Crippen LogP contribution in [0.4, 0.5) is 5.69 Å². The van der Waals surface area contributed by atoms with E-state index in [-0.39, 0.29) is 0 Å². The lowest BCUT2D eigenvalue weighted by atomic mass is 9.98. The van der Waals surface area contributed by atoms with Gasteiger partial charge in [-0.2, -0.15) is 0 Å². The van der Waals surface area contributed by atoms with Crippen molar-refractivity contribution in [2.45, 2.75) is 13.8 Å². The second-order valence-electron chi connectivity index (χ2n) is 6.59. The Labute approximate surface area is 151 Å². The minimum atomic E-state index is -0.842. The van der Waals surface area contributed by atoms with E-state index < -0.39 is 17.5 Å². The van der Waals surface area contributed by atoms with Gasteiger partial charge < -0.3 is 14.4 Å². The van der Waals surface area contributed by atoms with E-state index in [1.807, 2.05) is 55.3 Å². The van der Waals surface area contributed by atoms with Crippen LogP contribution < -0.4 is 10.5 Å². The van der Waals surface area contributed by atoms with Crippen LogP contribution in [0, 0.1) is 12.8 Å². The van der Waals surface area contributed by atoms with Gasteiger partial charge in [-0.05, 0) is 30.2 Å². The van der Waals surface area contributed by atoms with Crippen molar-refractivity contribution in [3.63, 3.8) is 0 Å². The van der Waals surface area contributed by atoms with Gasteiger partial charge in [-0.25, -0.2) is 4.79 Å². The molecular formula is C21H21NO4. The Balaban J connectivity index is 2.08. The van der Waals surface area contributed by atoms with Crippen LogP contribution in [0.5, 0.6) is 0 Å². The highest BCUT2D eigenvalue weighted by atomic mass is 16.4. The van der Waals surface area contributed by atoms with Gasteiger partial charge in [0.05, 0.1) is 5.92 Å². The van der Waals surface area contributed by atoms with E-state index in [1.165, 1.54) is 6.07 Å². The van der Waals surface area contributed by atoms with Crippen molar-refractivity contribution >= 4 is 22.6 Å². The number of nitrogens with zero attached hydrogens (tertiary/aromatic N) is 1. The van der Waals surface area contributed by atoms with Gasteiger partial charge in [0.1, 0.15) is 5.58 Å². The number of hydrogen-bond donors (Lipinski definition) is 1. The topological polar surface area (TPSA) is 70.8 Å². The van der Waals surface area contributed by atoms with Gasteiger partial charge in [-0.15, -0.1) is 0 Å². The molecular weight excluding hydrogens is 330 g/mol. The van der Waals surface area contributed by atoms with Gasteiger partial charge in [0.2, 0.25) is 0 Å². The summed E-state index contributed by atoms with van der Waals surface area (Å²) < 4.78 is 5.41. The smallest absolute Gasteiger partial charge is 0.336 e. The molecule has 0 saturated heterocycles. The number of aliphatic carboxylic acids is 1. The average molecular weight is 351 g/mol. The lowest BCUT2D eigenvalue weighted by Crippen LogP contribution is -2.28. The van der Waals surface area contributed by atoms with Gasteiger partial charge in [0, 0.05) is 42.4 Å². The molecule has 2 aromatic carbocycles. The highest BCUT2D eigenvalue weighted by molar-refractivity contribution is 5.95. The van der Waals surface area contributed by atoms with Gasteiger partial charge in [0.25, 0.3) is 0 Å². The number of anilines is 1. The van der Waals surface area contributed by atoms with Crippen molar-refractivity contribution < 1.29 is 14.3 Å². The molecule has 3 rings (SSSR count). The fraction of sp³-hybridized carbons (Fsp3) is 0.238. The molecule has 1 aromatic heterocycles. The lowest BCUT2D eigenvalue weighted by molar-refractivity contribution is -0.140. The van der Waals surface area contributed by atoms with E-state index in [0.717, 1.165) is 27.8 Å². The highest BCUT2D eigenvalue weighted by Crippen LogP contribution is 2.31. The summed E-state index contributed by atoms with van der Waals surface area (Å²) in [5.74, 6) is -1.34. The Hall–Kier alpha value is -3.08. The molecule has 5 heteroatoms. The second kappa shape index (κ2) is 7.04. The zero-order valence-electron chi connectivity index (χ0n) is 15.0. The van der Waals surface area contributed by atoms with Crippen molar-refractivity contribution in [1.82, 2.24) is 0 Å². The summed E-state index contributed by atoms with van der Waals surface area (Å²) in [6.07, 6.45) is 0. The first-order valence-corrected chi connectivity index (χ1v) is 8.44. The predicted molar refractivity (Wildman–Crippen MR) is 103 cm³/mol. The first kappa shape index (κ1) is 17.7. The molecule has 0 fully saturated rings. The Morgan fingerprint density at radius 1 is 1.15 bits per heavy atom. The summed E-state index contributed by atoms with van der Waals surface area (Å²) in [5.41, 5.74) is 3.79. The van der Waals surface area contributed by atoms with Crippen molar-refractivity contribution in [3.8, 4) is 11.1 Å². The Kier molecular flexibility index (Phi) is 4.80. The van der Waals surface area contributed by atoms with Gasteiger partial charge in [0.15, 0.2) is 0 Å². The SMILES string of the molecule is Cc1ccccc1-c1cc(=O)oc2cc(N(C)CC(C)C(=O)O)ccc12. The van der Waals surface area contributed by atoms with Crippen LogP contribution in [0.15, 0.2) is 57.7 Å². The maximum absolute atomic E-state index is 12.1. The second-order valence-corrected chi connectivity index (χ2v) is 6.59. The standard InChI is InChI=1S/C21H21NO4/c1-13-6-4-5-7-16(13)18-11-20(23)26-19-10-15(8-9-17(18)19)22(3)12-14(2)21(24)25/h4-11,14H,12H2,1-3H3,(H,24,25). The molecule has 134 valence electrons. The number of carboxylic acid groups (broad SMARTS) is 1. The summed E-state index contributed by atoms with van der Waals surface area (Å²) in [4.78, 5) is 25.0. The largest absolute Gasteiger partial charge is 0.481 e. The van der Waals surface area contributed by atoms with E-state index in [4.69, 9.17) is 9.52 Å². The van der Waals surface area contributed by atoms with Crippen LogP contribution in [0.1, 0.15) is 12.5 Å². The maximum atomic E-state index is 12.1. The zero-order valence-corrected chi connectivity index (χ0v) is 15.0. The third-order valence-corrected chi connectivity index (χ3v) is 4.57. The summed E-state index contributed by atoms with van der Waals surface area (Å²) in [6, 6.07) is 15.0.